The molecule has 8 heteroatoms. The number of nitrogens with one attached hydrogen (secondary N) is 1. The summed E-state index contributed by atoms with van der Waals surface area (Å²) in [6.45, 7) is 2.12. The number of thioether (sulfide) groups is 1. The van der Waals surface area contributed by atoms with E-state index in [1.165, 1.54) is 0 Å². The fraction of sp³-hybridized carbons (Fsp3) is 0.174. The number of furan rings is 1. The molecule has 0 saturated heterocycles. The molecule has 1 N–H and O–H groups in total. The van der Waals surface area contributed by atoms with Crippen molar-refractivity contribution in [3.05, 3.63) is 71.4 Å². The minimum Gasteiger partial charge on any atom is -0.455 e. The van der Waals surface area contributed by atoms with Gasteiger partial charge in [0, 0.05) is 27.6 Å². The Morgan fingerprint density at radius 2 is 1.87 bits per heavy atom. The number of fused-ring (bicyclic) bond motifs is 3. The van der Waals surface area contributed by atoms with E-state index >= 15 is 0 Å². The van der Waals surface area contributed by atoms with Gasteiger partial charge in [0.2, 0.25) is 17.3 Å². The van der Waals surface area contributed by atoms with Crippen LogP contribution in [0.3, 0.4) is 0 Å². The second kappa shape index (κ2) is 8.61. The fourth-order valence-corrected chi connectivity index (χ4v) is 4.05. The zero-order chi connectivity index (χ0) is 21.2. The Balaban J connectivity index is 1.52. The van der Waals surface area contributed by atoms with Crippen molar-refractivity contribution in [2.45, 2.75) is 24.7 Å². The first kappa shape index (κ1) is 19.9. The highest BCUT2D eigenvalue weighted by Gasteiger charge is 2.28. The second-order valence-electron chi connectivity index (χ2n) is 6.99. The number of para-hydroxylation sites is 1. The highest BCUT2D eigenvalue weighted by atomic mass is 35.5. The zero-order valence-corrected chi connectivity index (χ0v) is 18.3. The van der Waals surface area contributed by atoms with Crippen LogP contribution in [0.1, 0.15) is 25.3 Å². The average Bonchev–Trinajstić information content (AvgIpc) is 3.22. The molecule has 156 valence electrons. The molecular weight excluding hydrogens is 432 g/mol. The first-order valence-electron chi connectivity index (χ1n) is 9.97. The van der Waals surface area contributed by atoms with E-state index in [0.717, 1.165) is 34.7 Å². The van der Waals surface area contributed by atoms with E-state index < -0.39 is 6.23 Å². The van der Waals surface area contributed by atoms with Crippen LogP contribution in [-0.4, -0.2) is 20.9 Å². The number of hydrogen-bond donors (Lipinski definition) is 1. The molecule has 6 nitrogen and oxygen atoms in total. The molecule has 1 aliphatic rings. The maximum atomic E-state index is 6.26. The third-order valence-corrected chi connectivity index (χ3v) is 6.08. The molecule has 0 unspecified atom stereocenters. The van der Waals surface area contributed by atoms with Crippen LogP contribution in [0.2, 0.25) is 5.02 Å². The van der Waals surface area contributed by atoms with Gasteiger partial charge in [0.15, 0.2) is 11.5 Å². The van der Waals surface area contributed by atoms with Crippen LogP contribution in [0, 0.1) is 0 Å². The van der Waals surface area contributed by atoms with Gasteiger partial charge in [0.25, 0.3) is 0 Å². The summed E-state index contributed by atoms with van der Waals surface area (Å²) in [7, 11) is 0. The van der Waals surface area contributed by atoms with Crippen molar-refractivity contribution < 1.29 is 9.15 Å². The van der Waals surface area contributed by atoms with Crippen LogP contribution in [-0.2, 0) is 0 Å². The Hall–Kier alpha value is -3.03. The summed E-state index contributed by atoms with van der Waals surface area (Å²) in [6.07, 6.45) is 0.461. The second-order valence-corrected chi connectivity index (χ2v) is 8.49. The lowest BCUT2D eigenvalue weighted by Gasteiger charge is -2.16. The lowest BCUT2D eigenvalue weighted by molar-refractivity contribution is 0.196. The largest absolute Gasteiger partial charge is 0.455 e. The molecule has 4 aromatic rings. The lowest BCUT2D eigenvalue weighted by Crippen LogP contribution is -2.16. The summed E-state index contributed by atoms with van der Waals surface area (Å²) in [4.78, 5) is 4.63. The summed E-state index contributed by atoms with van der Waals surface area (Å²) in [5.74, 6) is 2.71. The van der Waals surface area contributed by atoms with E-state index in [1.54, 1.807) is 11.8 Å². The minimum atomic E-state index is -0.566. The fourth-order valence-electron chi connectivity index (χ4n) is 3.29. The highest BCUT2D eigenvalue weighted by Crippen LogP contribution is 2.40. The number of nitrogens with zero attached hydrogens (tertiary/aromatic N) is 3. The minimum absolute atomic E-state index is 0.431. The number of hydrogen-bond acceptors (Lipinski definition) is 7. The standard InChI is InChI=1S/C23H19ClN4O2S/c1-2-13-31-23-26-22-20(27-28-23)16-5-3-4-6-17(16)25-21(30-22)19-12-11-18(29-19)14-7-9-15(24)10-8-14/h3-12,21,25H,2,13H2,1H3/t21-/m0/s1. The van der Waals surface area contributed by atoms with Crippen LogP contribution in [0.4, 0.5) is 5.69 Å². The molecule has 0 amide bonds. The van der Waals surface area contributed by atoms with Gasteiger partial charge in [-0.15, -0.1) is 10.2 Å². The summed E-state index contributed by atoms with van der Waals surface area (Å²) >= 11 is 7.57. The normalized spacial score (nSPS) is 14.7. The van der Waals surface area contributed by atoms with Crippen LogP contribution >= 0.6 is 23.4 Å². The van der Waals surface area contributed by atoms with Crippen molar-refractivity contribution in [3.63, 3.8) is 0 Å². The molecule has 31 heavy (non-hydrogen) atoms. The van der Waals surface area contributed by atoms with E-state index in [9.17, 15) is 0 Å². The van der Waals surface area contributed by atoms with Crippen molar-refractivity contribution in [1.82, 2.24) is 15.2 Å². The van der Waals surface area contributed by atoms with Gasteiger partial charge in [-0.3, -0.25) is 0 Å². The van der Waals surface area contributed by atoms with Gasteiger partial charge >= 0.3 is 0 Å². The van der Waals surface area contributed by atoms with Gasteiger partial charge in [-0.2, -0.15) is 4.98 Å². The Kier molecular flexibility index (Phi) is 5.53. The maximum absolute atomic E-state index is 6.26. The van der Waals surface area contributed by atoms with Crippen molar-refractivity contribution >= 4 is 29.1 Å². The Morgan fingerprint density at radius 3 is 2.71 bits per heavy atom. The van der Waals surface area contributed by atoms with Crippen LogP contribution in [0.25, 0.3) is 22.6 Å². The molecule has 2 aromatic carbocycles. The average molecular weight is 451 g/mol. The van der Waals surface area contributed by atoms with Crippen molar-refractivity contribution in [3.8, 4) is 28.5 Å². The highest BCUT2D eigenvalue weighted by molar-refractivity contribution is 7.99. The zero-order valence-electron chi connectivity index (χ0n) is 16.7. The van der Waals surface area contributed by atoms with Gasteiger partial charge < -0.3 is 14.5 Å². The molecule has 1 aliphatic heterocycles. The maximum Gasteiger partial charge on any atom is 0.247 e. The first-order valence-corrected chi connectivity index (χ1v) is 11.3. The molecule has 3 heterocycles. The molecule has 0 saturated carbocycles. The predicted molar refractivity (Wildman–Crippen MR) is 122 cm³/mol. The van der Waals surface area contributed by atoms with Gasteiger partial charge in [-0.25, -0.2) is 0 Å². The Labute approximate surface area is 189 Å². The van der Waals surface area contributed by atoms with Gasteiger partial charge in [0.05, 0.1) is 0 Å². The predicted octanol–water partition coefficient (Wildman–Crippen LogP) is 6.46. The monoisotopic (exact) mass is 450 g/mol. The first-order chi connectivity index (χ1) is 15.2. The molecular formula is C23H19ClN4O2S. The number of rotatable bonds is 5. The molecule has 0 fully saturated rings. The summed E-state index contributed by atoms with van der Waals surface area (Å²) in [6, 6.07) is 19.2. The number of benzene rings is 2. The van der Waals surface area contributed by atoms with Crippen LogP contribution < -0.4 is 10.1 Å². The molecule has 0 spiro atoms. The number of halogens is 1. The van der Waals surface area contributed by atoms with Gasteiger partial charge in [-0.1, -0.05) is 48.5 Å². The van der Waals surface area contributed by atoms with Crippen LogP contribution in [0.15, 0.2) is 70.2 Å². The Bertz CT molecular complexity index is 1210. The molecule has 0 bridgehead atoms. The molecule has 0 radical (unpaired) electrons. The topological polar surface area (TPSA) is 73.1 Å². The van der Waals surface area contributed by atoms with E-state index in [0.29, 0.717) is 27.5 Å². The summed E-state index contributed by atoms with van der Waals surface area (Å²) < 4.78 is 12.4. The lowest BCUT2D eigenvalue weighted by atomic mass is 10.1. The van der Waals surface area contributed by atoms with Crippen molar-refractivity contribution in [2.75, 3.05) is 11.1 Å². The smallest absolute Gasteiger partial charge is 0.247 e. The van der Waals surface area contributed by atoms with E-state index in [2.05, 4.69) is 27.4 Å². The van der Waals surface area contributed by atoms with Crippen LogP contribution in [0.5, 0.6) is 5.88 Å². The van der Waals surface area contributed by atoms with E-state index in [1.807, 2.05) is 60.7 Å². The number of anilines is 1. The van der Waals surface area contributed by atoms with E-state index in [-0.39, 0.29) is 0 Å². The summed E-state index contributed by atoms with van der Waals surface area (Å²) in [5, 5.41) is 13.4. The Morgan fingerprint density at radius 1 is 1.03 bits per heavy atom. The van der Waals surface area contributed by atoms with E-state index in [4.69, 9.17) is 20.8 Å². The third-order valence-electron chi connectivity index (χ3n) is 4.78. The third kappa shape index (κ3) is 4.11. The molecule has 0 aliphatic carbocycles. The van der Waals surface area contributed by atoms with Crippen molar-refractivity contribution in [2.24, 2.45) is 0 Å². The quantitative estimate of drug-likeness (QED) is 0.350. The van der Waals surface area contributed by atoms with Crippen molar-refractivity contribution in [1.29, 1.82) is 0 Å². The van der Waals surface area contributed by atoms with Gasteiger partial charge in [-0.05, 0) is 48.9 Å². The summed E-state index contributed by atoms with van der Waals surface area (Å²) in [5.41, 5.74) is 3.31. The molecule has 2 aromatic heterocycles. The molecule has 5 rings (SSSR count). The van der Waals surface area contributed by atoms with Gasteiger partial charge in [0.1, 0.15) is 5.76 Å². The number of ether oxygens (including phenoxy) is 1. The number of aromatic nitrogens is 3. The SMILES string of the molecule is CCCSc1nnc2c(n1)O[C@@H](c1ccc(-c3ccc(Cl)cc3)o1)Nc1ccccc1-2. The molecule has 1 atom stereocenters.